The summed E-state index contributed by atoms with van der Waals surface area (Å²) in [4.78, 5) is 0. The average molecular weight is 215 g/mol. The zero-order chi connectivity index (χ0) is 7.84. The van der Waals surface area contributed by atoms with E-state index < -0.39 is 0 Å². The van der Waals surface area contributed by atoms with Gasteiger partial charge in [-0.1, -0.05) is 0 Å². The molecule has 1 fully saturated rings. The van der Waals surface area contributed by atoms with E-state index in [-0.39, 0.29) is 0 Å². The number of aryl methyl sites for hydroxylation is 1. The number of rotatable bonds is 1. The number of hydrogen-bond donors (Lipinski definition) is 0. The monoisotopic (exact) mass is 214 g/mol. The Hall–Kier alpha value is -0.310. The molecular formula is C8H11BrN2. The molecule has 0 spiro atoms. The zero-order valence-corrected chi connectivity index (χ0v) is 8.13. The summed E-state index contributed by atoms with van der Waals surface area (Å²) in [6.07, 6.45) is 6.04. The highest BCUT2D eigenvalue weighted by molar-refractivity contribution is 9.10. The van der Waals surface area contributed by atoms with Gasteiger partial charge in [0.25, 0.3) is 0 Å². The highest BCUT2D eigenvalue weighted by atomic mass is 79.9. The van der Waals surface area contributed by atoms with E-state index in [1.54, 1.807) is 0 Å². The maximum Gasteiger partial charge on any atom is 0.0735 e. The van der Waals surface area contributed by atoms with Crippen LogP contribution in [0.2, 0.25) is 0 Å². The summed E-state index contributed by atoms with van der Waals surface area (Å²) in [7, 11) is 0. The zero-order valence-electron chi connectivity index (χ0n) is 6.55. The Morgan fingerprint density at radius 3 is 2.73 bits per heavy atom. The molecule has 1 saturated carbocycles. The predicted octanol–water partition coefficient (Wildman–Crippen LogP) is 2.68. The second kappa shape index (κ2) is 2.63. The van der Waals surface area contributed by atoms with E-state index in [1.165, 1.54) is 19.3 Å². The Morgan fingerprint density at radius 1 is 1.64 bits per heavy atom. The summed E-state index contributed by atoms with van der Waals surface area (Å²) in [5.41, 5.74) is 1.09. The normalized spacial score (nSPS) is 18.4. The largest absolute Gasteiger partial charge is 0.268 e. The van der Waals surface area contributed by atoms with Gasteiger partial charge >= 0.3 is 0 Å². The van der Waals surface area contributed by atoms with E-state index in [0.29, 0.717) is 6.04 Å². The minimum Gasteiger partial charge on any atom is -0.268 e. The third kappa shape index (κ3) is 1.22. The molecule has 3 heteroatoms. The van der Waals surface area contributed by atoms with Crippen molar-refractivity contribution in [1.29, 1.82) is 0 Å². The first-order valence-corrected chi connectivity index (χ1v) is 4.78. The fourth-order valence-electron chi connectivity index (χ4n) is 1.30. The lowest BCUT2D eigenvalue weighted by molar-refractivity contribution is 0.288. The fraction of sp³-hybridized carbons (Fsp3) is 0.625. The van der Waals surface area contributed by atoms with Crippen molar-refractivity contribution in [2.24, 2.45) is 0 Å². The molecule has 0 unspecified atom stereocenters. The second-order valence-electron chi connectivity index (χ2n) is 3.13. The molecule has 1 heterocycles. The van der Waals surface area contributed by atoms with Crippen LogP contribution >= 0.6 is 15.9 Å². The number of nitrogens with zero attached hydrogens (tertiary/aromatic N) is 2. The van der Waals surface area contributed by atoms with Crippen LogP contribution in [0.4, 0.5) is 0 Å². The molecule has 0 aliphatic heterocycles. The molecule has 0 amide bonds. The molecule has 0 radical (unpaired) electrons. The first kappa shape index (κ1) is 7.35. The molecule has 11 heavy (non-hydrogen) atoms. The molecule has 1 aliphatic carbocycles. The quantitative estimate of drug-likeness (QED) is 0.704. The highest BCUT2D eigenvalue weighted by Crippen LogP contribution is 2.32. The van der Waals surface area contributed by atoms with E-state index in [1.807, 2.05) is 6.92 Å². The van der Waals surface area contributed by atoms with Crippen LogP contribution in [0.25, 0.3) is 0 Å². The third-order valence-electron chi connectivity index (χ3n) is 2.31. The van der Waals surface area contributed by atoms with Gasteiger partial charge in [-0.25, -0.2) is 0 Å². The first-order valence-electron chi connectivity index (χ1n) is 3.98. The smallest absolute Gasteiger partial charge is 0.0735 e. The SMILES string of the molecule is Cc1nn(C2CCC2)cc1Br. The van der Waals surface area contributed by atoms with Gasteiger partial charge in [-0.05, 0) is 42.1 Å². The lowest BCUT2D eigenvalue weighted by Crippen LogP contribution is -2.17. The Morgan fingerprint density at radius 2 is 2.36 bits per heavy atom. The van der Waals surface area contributed by atoms with Crippen LogP contribution in [-0.2, 0) is 0 Å². The standard InChI is InChI=1S/C8H11BrN2/c1-6-8(9)5-11(10-6)7-3-2-4-7/h5,7H,2-4H2,1H3. The number of halogens is 1. The van der Waals surface area contributed by atoms with Crippen LogP contribution in [0.1, 0.15) is 31.0 Å². The molecule has 60 valence electrons. The van der Waals surface area contributed by atoms with Crippen LogP contribution in [-0.4, -0.2) is 9.78 Å². The topological polar surface area (TPSA) is 17.8 Å². The van der Waals surface area contributed by atoms with Gasteiger partial charge in [0, 0.05) is 6.20 Å². The van der Waals surface area contributed by atoms with Gasteiger partial charge in [0.15, 0.2) is 0 Å². The van der Waals surface area contributed by atoms with E-state index >= 15 is 0 Å². The van der Waals surface area contributed by atoms with Crippen molar-refractivity contribution in [3.05, 3.63) is 16.4 Å². The van der Waals surface area contributed by atoms with Crippen LogP contribution in [0.5, 0.6) is 0 Å². The number of aromatic nitrogens is 2. The first-order chi connectivity index (χ1) is 5.27. The molecule has 2 rings (SSSR count). The maximum absolute atomic E-state index is 4.40. The molecule has 0 N–H and O–H groups in total. The Balaban J connectivity index is 2.24. The van der Waals surface area contributed by atoms with Gasteiger partial charge in [-0.2, -0.15) is 5.10 Å². The molecule has 1 aliphatic rings. The van der Waals surface area contributed by atoms with E-state index in [9.17, 15) is 0 Å². The van der Waals surface area contributed by atoms with Crippen molar-refractivity contribution in [1.82, 2.24) is 9.78 Å². The molecule has 0 aromatic carbocycles. The fourth-order valence-corrected chi connectivity index (χ4v) is 1.59. The van der Waals surface area contributed by atoms with E-state index in [4.69, 9.17) is 0 Å². The van der Waals surface area contributed by atoms with Gasteiger partial charge in [0.2, 0.25) is 0 Å². The van der Waals surface area contributed by atoms with Crippen LogP contribution < -0.4 is 0 Å². The van der Waals surface area contributed by atoms with Crippen LogP contribution in [0.15, 0.2) is 10.7 Å². The van der Waals surface area contributed by atoms with Gasteiger partial charge in [0.05, 0.1) is 16.2 Å². The van der Waals surface area contributed by atoms with Gasteiger partial charge in [0.1, 0.15) is 0 Å². The van der Waals surface area contributed by atoms with E-state index in [2.05, 4.69) is 31.9 Å². The predicted molar refractivity (Wildman–Crippen MR) is 47.6 cm³/mol. The van der Waals surface area contributed by atoms with Crippen molar-refractivity contribution in [2.45, 2.75) is 32.2 Å². The van der Waals surface area contributed by atoms with Crippen molar-refractivity contribution in [3.63, 3.8) is 0 Å². The molecule has 2 nitrogen and oxygen atoms in total. The highest BCUT2D eigenvalue weighted by Gasteiger charge is 2.20. The van der Waals surface area contributed by atoms with Crippen molar-refractivity contribution in [2.75, 3.05) is 0 Å². The Bertz CT molecular complexity index is 244. The van der Waals surface area contributed by atoms with E-state index in [0.717, 1.165) is 10.2 Å². The summed E-state index contributed by atoms with van der Waals surface area (Å²) >= 11 is 3.45. The van der Waals surface area contributed by atoms with Crippen LogP contribution in [0, 0.1) is 6.92 Å². The summed E-state index contributed by atoms with van der Waals surface area (Å²) < 4.78 is 3.22. The molecule has 0 atom stereocenters. The lowest BCUT2D eigenvalue weighted by Gasteiger charge is -2.25. The van der Waals surface area contributed by atoms with Crippen molar-refractivity contribution in [3.8, 4) is 0 Å². The Kier molecular flexibility index (Phi) is 1.75. The summed E-state index contributed by atoms with van der Waals surface area (Å²) in [5, 5.41) is 4.40. The van der Waals surface area contributed by atoms with Gasteiger partial charge in [-0.15, -0.1) is 0 Å². The van der Waals surface area contributed by atoms with Crippen LogP contribution in [0.3, 0.4) is 0 Å². The summed E-state index contributed by atoms with van der Waals surface area (Å²) in [6.45, 7) is 2.03. The summed E-state index contributed by atoms with van der Waals surface area (Å²) in [5.74, 6) is 0. The van der Waals surface area contributed by atoms with Crippen molar-refractivity contribution < 1.29 is 0 Å². The molecule has 1 aromatic heterocycles. The molecular weight excluding hydrogens is 204 g/mol. The minimum atomic E-state index is 0.681. The molecule has 0 saturated heterocycles. The lowest BCUT2D eigenvalue weighted by atomic mass is 9.93. The molecule has 0 bridgehead atoms. The van der Waals surface area contributed by atoms with Gasteiger partial charge in [-0.3, -0.25) is 4.68 Å². The van der Waals surface area contributed by atoms with Gasteiger partial charge < -0.3 is 0 Å². The maximum atomic E-state index is 4.40. The third-order valence-corrected chi connectivity index (χ3v) is 3.08. The summed E-state index contributed by atoms with van der Waals surface area (Å²) in [6, 6.07) is 0.681. The Labute approximate surface area is 74.7 Å². The molecule has 1 aromatic rings. The minimum absolute atomic E-state index is 0.681. The second-order valence-corrected chi connectivity index (χ2v) is 3.98. The average Bonchev–Trinajstić information content (AvgIpc) is 2.08. The number of hydrogen-bond acceptors (Lipinski definition) is 1. The van der Waals surface area contributed by atoms with Crippen molar-refractivity contribution >= 4 is 15.9 Å².